The number of aliphatic hydroxyl groups is 1. The minimum Gasteiger partial charge on any atom is -0.390 e. The van der Waals surface area contributed by atoms with Gasteiger partial charge in [-0.05, 0) is 44.4 Å². The second kappa shape index (κ2) is 6.82. The first kappa shape index (κ1) is 17.7. The van der Waals surface area contributed by atoms with Crippen molar-refractivity contribution in [2.75, 3.05) is 13.1 Å². The summed E-state index contributed by atoms with van der Waals surface area (Å²) in [7, 11) is 0. The molecule has 0 saturated carbocycles. The molecule has 4 rings (SSSR count). The zero-order valence-corrected chi connectivity index (χ0v) is 15.8. The summed E-state index contributed by atoms with van der Waals surface area (Å²) in [6, 6.07) is 15.9. The van der Waals surface area contributed by atoms with E-state index in [0.717, 1.165) is 17.8 Å². The Hall–Kier alpha value is -2.66. The summed E-state index contributed by atoms with van der Waals surface area (Å²) in [5, 5.41) is 10.9. The lowest BCUT2D eigenvalue weighted by molar-refractivity contribution is -0.0508. The molecule has 1 amide bonds. The highest BCUT2D eigenvalue weighted by Crippen LogP contribution is 2.31. The van der Waals surface area contributed by atoms with Gasteiger partial charge in [-0.15, -0.1) is 0 Å². The van der Waals surface area contributed by atoms with E-state index in [-0.39, 0.29) is 11.8 Å². The van der Waals surface area contributed by atoms with Crippen molar-refractivity contribution in [2.24, 2.45) is 5.92 Å². The summed E-state index contributed by atoms with van der Waals surface area (Å²) in [4.78, 5) is 19.7. The lowest BCUT2D eigenvalue weighted by atomic mass is 9.78. The Labute approximate surface area is 159 Å². The number of benzene rings is 1. The van der Waals surface area contributed by atoms with Crippen LogP contribution in [-0.4, -0.2) is 44.0 Å². The van der Waals surface area contributed by atoms with Gasteiger partial charge in [-0.3, -0.25) is 9.20 Å². The molecule has 3 aromatic rings. The van der Waals surface area contributed by atoms with Crippen molar-refractivity contribution in [3.63, 3.8) is 0 Å². The van der Waals surface area contributed by atoms with Gasteiger partial charge in [0, 0.05) is 25.2 Å². The third kappa shape index (κ3) is 3.35. The molecule has 1 aliphatic rings. The first-order chi connectivity index (χ1) is 13.0. The van der Waals surface area contributed by atoms with E-state index in [9.17, 15) is 9.90 Å². The fraction of sp³-hybridized carbons (Fsp3) is 0.364. The van der Waals surface area contributed by atoms with Crippen LogP contribution in [0.2, 0.25) is 0 Å². The highest BCUT2D eigenvalue weighted by molar-refractivity contribution is 5.94. The molecule has 5 nitrogen and oxygen atoms in total. The largest absolute Gasteiger partial charge is 0.390 e. The zero-order chi connectivity index (χ0) is 19.0. The maximum absolute atomic E-state index is 13.3. The number of amides is 1. The van der Waals surface area contributed by atoms with Crippen LogP contribution in [0.15, 0.2) is 54.7 Å². The lowest BCUT2D eigenvalue weighted by Crippen LogP contribution is -2.52. The maximum atomic E-state index is 13.3. The number of aryl methyl sites for hydroxylation is 1. The van der Waals surface area contributed by atoms with Crippen molar-refractivity contribution in [1.29, 1.82) is 0 Å². The second-order valence-electron chi connectivity index (χ2n) is 7.72. The Balaban J connectivity index is 1.60. The van der Waals surface area contributed by atoms with Crippen LogP contribution in [0.25, 0.3) is 5.65 Å². The molecule has 2 aromatic heterocycles. The van der Waals surface area contributed by atoms with E-state index in [4.69, 9.17) is 0 Å². The van der Waals surface area contributed by atoms with Crippen molar-refractivity contribution in [1.82, 2.24) is 14.3 Å². The van der Waals surface area contributed by atoms with Gasteiger partial charge in [-0.2, -0.15) is 0 Å². The van der Waals surface area contributed by atoms with Crippen molar-refractivity contribution >= 4 is 11.6 Å². The Bertz CT molecular complexity index is 962. The summed E-state index contributed by atoms with van der Waals surface area (Å²) >= 11 is 0. The molecule has 1 aliphatic heterocycles. The molecular weight excluding hydrogens is 338 g/mol. The van der Waals surface area contributed by atoms with Crippen LogP contribution in [0, 0.1) is 12.8 Å². The van der Waals surface area contributed by atoms with Crippen LogP contribution in [-0.2, 0) is 6.42 Å². The van der Waals surface area contributed by atoms with E-state index >= 15 is 0 Å². The van der Waals surface area contributed by atoms with Crippen molar-refractivity contribution < 1.29 is 9.90 Å². The average molecular weight is 363 g/mol. The summed E-state index contributed by atoms with van der Waals surface area (Å²) in [6.45, 7) is 4.86. The highest BCUT2D eigenvalue weighted by Gasteiger charge is 2.39. The SMILES string of the molecule is Cc1nc2ccccn2c1C(=O)N1CC[C@@](C)(O)[C@@H](Cc2ccccc2)C1. The third-order valence-corrected chi connectivity index (χ3v) is 5.73. The number of carbonyl (C=O) groups is 1. The minimum atomic E-state index is -0.777. The molecule has 0 aliphatic carbocycles. The van der Waals surface area contributed by atoms with E-state index in [1.165, 1.54) is 5.56 Å². The van der Waals surface area contributed by atoms with Crippen molar-refractivity contribution in [2.45, 2.75) is 32.3 Å². The summed E-state index contributed by atoms with van der Waals surface area (Å²) in [5.74, 6) is -0.0168. The Morgan fingerprint density at radius 3 is 2.74 bits per heavy atom. The molecule has 140 valence electrons. The number of carbonyl (C=O) groups excluding carboxylic acids is 1. The monoisotopic (exact) mass is 363 g/mol. The lowest BCUT2D eigenvalue weighted by Gasteiger charge is -2.43. The summed E-state index contributed by atoms with van der Waals surface area (Å²) in [5.41, 5.74) is 2.54. The van der Waals surface area contributed by atoms with E-state index in [2.05, 4.69) is 17.1 Å². The first-order valence-corrected chi connectivity index (χ1v) is 9.45. The van der Waals surface area contributed by atoms with E-state index in [0.29, 0.717) is 25.2 Å². The Morgan fingerprint density at radius 1 is 1.22 bits per heavy atom. The van der Waals surface area contributed by atoms with Crippen LogP contribution < -0.4 is 0 Å². The van der Waals surface area contributed by atoms with Gasteiger partial charge >= 0.3 is 0 Å². The van der Waals surface area contributed by atoms with Gasteiger partial charge in [0.05, 0.1) is 11.3 Å². The van der Waals surface area contributed by atoms with Crippen LogP contribution >= 0.6 is 0 Å². The maximum Gasteiger partial charge on any atom is 0.272 e. The highest BCUT2D eigenvalue weighted by atomic mass is 16.3. The zero-order valence-electron chi connectivity index (χ0n) is 15.8. The predicted molar refractivity (Wildman–Crippen MR) is 105 cm³/mol. The van der Waals surface area contributed by atoms with Crippen molar-refractivity contribution in [3.05, 3.63) is 71.7 Å². The second-order valence-corrected chi connectivity index (χ2v) is 7.72. The van der Waals surface area contributed by atoms with Crippen LogP contribution in [0.1, 0.15) is 35.1 Å². The minimum absolute atomic E-state index is 0.00269. The van der Waals surface area contributed by atoms with E-state index in [1.807, 2.05) is 65.7 Å². The van der Waals surface area contributed by atoms with Crippen LogP contribution in [0.3, 0.4) is 0 Å². The molecule has 0 spiro atoms. The molecule has 1 N–H and O–H groups in total. The molecule has 5 heteroatoms. The normalized spacial score (nSPS) is 22.9. The Kier molecular flexibility index (Phi) is 4.48. The van der Waals surface area contributed by atoms with Crippen molar-refractivity contribution in [3.8, 4) is 0 Å². The summed E-state index contributed by atoms with van der Waals surface area (Å²) in [6.07, 6.45) is 3.21. The fourth-order valence-electron chi connectivity index (χ4n) is 4.01. The smallest absolute Gasteiger partial charge is 0.272 e. The molecule has 27 heavy (non-hydrogen) atoms. The van der Waals surface area contributed by atoms with Gasteiger partial charge in [0.25, 0.3) is 5.91 Å². The first-order valence-electron chi connectivity index (χ1n) is 9.45. The topological polar surface area (TPSA) is 57.8 Å². The Morgan fingerprint density at radius 2 is 1.96 bits per heavy atom. The standard InChI is InChI=1S/C22H25N3O2/c1-16-20(25-12-7-6-10-19(25)23-16)21(26)24-13-11-22(2,27)18(15-24)14-17-8-4-3-5-9-17/h3-10,12,18,27H,11,13-15H2,1-2H3/t18-,22+/m0/s1. The van der Waals surface area contributed by atoms with Gasteiger partial charge in [0.1, 0.15) is 11.3 Å². The molecule has 0 radical (unpaired) electrons. The molecule has 0 bridgehead atoms. The van der Waals surface area contributed by atoms with E-state index in [1.54, 1.807) is 0 Å². The molecule has 0 unspecified atom stereocenters. The number of aromatic nitrogens is 2. The number of nitrogens with zero attached hydrogens (tertiary/aromatic N) is 3. The average Bonchev–Trinajstić information content (AvgIpc) is 2.99. The number of likely N-dealkylation sites (tertiary alicyclic amines) is 1. The number of hydrogen-bond donors (Lipinski definition) is 1. The molecule has 1 saturated heterocycles. The number of fused-ring (bicyclic) bond motifs is 1. The van der Waals surface area contributed by atoms with Gasteiger partial charge in [0.2, 0.25) is 0 Å². The van der Waals surface area contributed by atoms with Gasteiger partial charge in [0.15, 0.2) is 0 Å². The number of piperidine rings is 1. The number of rotatable bonds is 3. The number of imidazole rings is 1. The quantitative estimate of drug-likeness (QED) is 0.778. The predicted octanol–water partition coefficient (Wildman–Crippen LogP) is 3.10. The number of hydrogen-bond acceptors (Lipinski definition) is 3. The summed E-state index contributed by atoms with van der Waals surface area (Å²) < 4.78 is 1.86. The van der Waals surface area contributed by atoms with E-state index < -0.39 is 5.60 Å². The van der Waals surface area contributed by atoms with Gasteiger partial charge < -0.3 is 10.0 Å². The third-order valence-electron chi connectivity index (χ3n) is 5.73. The van der Waals surface area contributed by atoms with Gasteiger partial charge in [-0.25, -0.2) is 4.98 Å². The molecular formula is C22H25N3O2. The molecule has 2 atom stereocenters. The molecule has 1 aromatic carbocycles. The fourth-order valence-corrected chi connectivity index (χ4v) is 4.01. The van der Waals surface area contributed by atoms with Gasteiger partial charge in [-0.1, -0.05) is 36.4 Å². The number of pyridine rings is 1. The van der Waals surface area contributed by atoms with Crippen LogP contribution in [0.4, 0.5) is 0 Å². The molecule has 1 fully saturated rings. The van der Waals surface area contributed by atoms with Crippen LogP contribution in [0.5, 0.6) is 0 Å². The molecule has 3 heterocycles.